The van der Waals surface area contributed by atoms with E-state index in [0.29, 0.717) is 4.90 Å². The first-order valence-electron chi connectivity index (χ1n) is 3.86. The van der Waals surface area contributed by atoms with E-state index in [4.69, 9.17) is 0 Å². The van der Waals surface area contributed by atoms with E-state index in [9.17, 15) is 17.6 Å². The Kier molecular flexibility index (Phi) is 3.80. The number of alkyl halides is 4. The first-order valence-corrected chi connectivity index (χ1v) is 4.85. The van der Waals surface area contributed by atoms with Crippen molar-refractivity contribution < 1.29 is 17.6 Å². The van der Waals surface area contributed by atoms with Crippen LogP contribution >= 0.6 is 11.8 Å². The summed E-state index contributed by atoms with van der Waals surface area (Å²) in [7, 11) is 0. The van der Waals surface area contributed by atoms with Crippen LogP contribution in [0.15, 0.2) is 35.2 Å². The SMILES string of the molecule is FC(F)C(F)(F)CSc1ccccc1. The minimum atomic E-state index is -3.92. The molecule has 0 aliphatic rings. The van der Waals surface area contributed by atoms with Crippen molar-refractivity contribution >= 4 is 11.8 Å². The van der Waals surface area contributed by atoms with Crippen LogP contribution < -0.4 is 0 Å². The quantitative estimate of drug-likeness (QED) is 0.555. The highest BCUT2D eigenvalue weighted by atomic mass is 32.2. The van der Waals surface area contributed by atoms with Crippen LogP contribution in [0.25, 0.3) is 0 Å². The smallest absolute Gasteiger partial charge is 0.204 e. The van der Waals surface area contributed by atoms with Gasteiger partial charge in [-0.2, -0.15) is 8.78 Å². The van der Waals surface area contributed by atoms with Gasteiger partial charge in [0.2, 0.25) is 0 Å². The van der Waals surface area contributed by atoms with Crippen LogP contribution in [0.3, 0.4) is 0 Å². The third kappa shape index (κ3) is 3.21. The second-order valence-corrected chi connectivity index (χ2v) is 3.71. The third-order valence-corrected chi connectivity index (χ3v) is 2.63. The van der Waals surface area contributed by atoms with Gasteiger partial charge in [-0.25, -0.2) is 8.78 Å². The second kappa shape index (κ2) is 4.68. The standard InChI is InChI=1S/C9H8F4S/c10-8(11)9(12,13)6-14-7-4-2-1-3-5-7/h1-5,8H,6H2. The van der Waals surface area contributed by atoms with Crippen LogP contribution in [0.5, 0.6) is 0 Å². The molecule has 1 aromatic carbocycles. The number of rotatable bonds is 4. The summed E-state index contributed by atoms with van der Waals surface area (Å²) in [6, 6.07) is 8.28. The summed E-state index contributed by atoms with van der Waals surface area (Å²) in [6.45, 7) is 0. The largest absolute Gasteiger partial charge is 0.316 e. The number of hydrogen-bond acceptors (Lipinski definition) is 1. The van der Waals surface area contributed by atoms with Crippen LogP contribution in [0.1, 0.15) is 0 Å². The maximum atomic E-state index is 12.5. The molecular weight excluding hydrogens is 216 g/mol. The first kappa shape index (κ1) is 11.4. The molecule has 0 nitrogen and oxygen atoms in total. The van der Waals surface area contributed by atoms with Crippen LogP contribution in [0, 0.1) is 0 Å². The van der Waals surface area contributed by atoms with Crippen molar-refractivity contribution in [2.24, 2.45) is 0 Å². The van der Waals surface area contributed by atoms with Gasteiger partial charge in [-0.05, 0) is 12.1 Å². The molecule has 0 saturated heterocycles. The highest BCUT2D eigenvalue weighted by molar-refractivity contribution is 7.99. The number of hydrogen-bond donors (Lipinski definition) is 0. The molecule has 0 radical (unpaired) electrons. The van der Waals surface area contributed by atoms with E-state index in [1.54, 1.807) is 30.3 Å². The highest BCUT2D eigenvalue weighted by Gasteiger charge is 2.40. The van der Waals surface area contributed by atoms with E-state index in [2.05, 4.69) is 0 Å². The molecule has 0 bridgehead atoms. The predicted molar refractivity (Wildman–Crippen MR) is 48.1 cm³/mol. The zero-order chi connectivity index (χ0) is 10.6. The summed E-state index contributed by atoms with van der Waals surface area (Å²) < 4.78 is 48.4. The van der Waals surface area contributed by atoms with Gasteiger partial charge in [0, 0.05) is 4.90 Å². The summed E-state index contributed by atoms with van der Waals surface area (Å²) in [4.78, 5) is 0.563. The Labute approximate surface area is 83.3 Å². The van der Waals surface area contributed by atoms with Crippen LogP contribution in [-0.4, -0.2) is 18.1 Å². The third-order valence-electron chi connectivity index (χ3n) is 1.49. The Morgan fingerprint density at radius 2 is 1.71 bits per heavy atom. The zero-order valence-electron chi connectivity index (χ0n) is 7.09. The topological polar surface area (TPSA) is 0 Å². The Morgan fingerprint density at radius 1 is 1.14 bits per heavy atom. The van der Waals surface area contributed by atoms with E-state index in [1.165, 1.54) is 0 Å². The van der Waals surface area contributed by atoms with Crippen molar-refractivity contribution in [3.63, 3.8) is 0 Å². The first-order chi connectivity index (χ1) is 6.52. The van der Waals surface area contributed by atoms with Gasteiger partial charge in [-0.15, -0.1) is 11.8 Å². The molecule has 5 heteroatoms. The average molecular weight is 224 g/mol. The summed E-state index contributed by atoms with van der Waals surface area (Å²) >= 11 is 0.726. The lowest BCUT2D eigenvalue weighted by atomic mass is 10.4. The maximum Gasteiger partial charge on any atom is 0.316 e. The minimum Gasteiger partial charge on any atom is -0.204 e. The molecule has 0 aromatic heterocycles. The fraction of sp³-hybridized carbons (Fsp3) is 0.333. The zero-order valence-corrected chi connectivity index (χ0v) is 7.91. The Hall–Kier alpha value is -0.710. The molecule has 78 valence electrons. The van der Waals surface area contributed by atoms with E-state index in [-0.39, 0.29) is 0 Å². The van der Waals surface area contributed by atoms with Gasteiger partial charge in [0.25, 0.3) is 0 Å². The monoisotopic (exact) mass is 224 g/mol. The van der Waals surface area contributed by atoms with E-state index in [0.717, 1.165) is 11.8 Å². The van der Waals surface area contributed by atoms with Crippen molar-refractivity contribution in [2.45, 2.75) is 17.2 Å². The lowest BCUT2D eigenvalue weighted by molar-refractivity contribution is -0.109. The van der Waals surface area contributed by atoms with Crippen molar-refractivity contribution in [2.75, 3.05) is 5.75 Å². The molecule has 14 heavy (non-hydrogen) atoms. The molecule has 0 atom stereocenters. The predicted octanol–water partition coefficient (Wildman–Crippen LogP) is 3.68. The van der Waals surface area contributed by atoms with Crippen LogP contribution in [0.2, 0.25) is 0 Å². The molecule has 0 N–H and O–H groups in total. The van der Waals surface area contributed by atoms with Gasteiger partial charge in [-0.3, -0.25) is 0 Å². The molecule has 0 fully saturated rings. The fourth-order valence-corrected chi connectivity index (χ4v) is 1.59. The molecule has 0 amide bonds. The summed E-state index contributed by atoms with van der Waals surface area (Å²) in [6.07, 6.45) is -3.60. The molecule has 0 aliphatic carbocycles. The van der Waals surface area contributed by atoms with Crippen molar-refractivity contribution in [3.05, 3.63) is 30.3 Å². The molecule has 0 aliphatic heterocycles. The van der Waals surface area contributed by atoms with Gasteiger partial charge in [0.15, 0.2) is 0 Å². The summed E-state index contributed by atoms with van der Waals surface area (Å²) in [5.41, 5.74) is 0. The molecule has 0 spiro atoms. The fourth-order valence-electron chi connectivity index (χ4n) is 0.759. The van der Waals surface area contributed by atoms with E-state index >= 15 is 0 Å². The lowest BCUT2D eigenvalue weighted by Crippen LogP contribution is -2.29. The summed E-state index contributed by atoms with van der Waals surface area (Å²) in [5, 5.41) is 0. The molecule has 0 unspecified atom stereocenters. The molecule has 0 saturated carbocycles. The molecule has 1 rings (SSSR count). The van der Waals surface area contributed by atoms with Crippen molar-refractivity contribution in [1.29, 1.82) is 0 Å². The van der Waals surface area contributed by atoms with Gasteiger partial charge >= 0.3 is 12.3 Å². The molecule has 1 aromatic rings. The Bertz CT molecular complexity index is 273. The van der Waals surface area contributed by atoms with Crippen LogP contribution in [0.4, 0.5) is 17.6 Å². The van der Waals surface area contributed by atoms with Crippen molar-refractivity contribution in [3.8, 4) is 0 Å². The van der Waals surface area contributed by atoms with E-state index < -0.39 is 18.1 Å². The minimum absolute atomic E-state index is 0.563. The Balaban J connectivity index is 2.49. The normalized spacial score (nSPS) is 12.1. The highest BCUT2D eigenvalue weighted by Crippen LogP contribution is 2.30. The number of thioether (sulfide) groups is 1. The van der Waals surface area contributed by atoms with E-state index in [1.807, 2.05) is 0 Å². The second-order valence-electron chi connectivity index (χ2n) is 2.66. The van der Waals surface area contributed by atoms with Gasteiger partial charge < -0.3 is 0 Å². The lowest BCUT2D eigenvalue weighted by Gasteiger charge is -2.14. The van der Waals surface area contributed by atoms with Crippen LogP contribution in [-0.2, 0) is 0 Å². The number of halogens is 4. The molecular formula is C9H8F4S. The number of benzene rings is 1. The van der Waals surface area contributed by atoms with Gasteiger partial charge in [0.1, 0.15) is 0 Å². The van der Waals surface area contributed by atoms with Gasteiger partial charge in [0.05, 0.1) is 5.75 Å². The average Bonchev–Trinajstić information content (AvgIpc) is 2.16. The van der Waals surface area contributed by atoms with Crippen molar-refractivity contribution in [1.82, 2.24) is 0 Å². The van der Waals surface area contributed by atoms with Gasteiger partial charge in [-0.1, -0.05) is 18.2 Å². The Morgan fingerprint density at radius 3 is 2.21 bits per heavy atom. The molecule has 0 heterocycles. The summed E-state index contributed by atoms with van der Waals surface area (Å²) in [5.74, 6) is -4.81. The maximum absolute atomic E-state index is 12.5.